The zero-order chi connectivity index (χ0) is 20.9. The van der Waals surface area contributed by atoms with Crippen LogP contribution in [0.3, 0.4) is 0 Å². The van der Waals surface area contributed by atoms with Gasteiger partial charge in [-0.25, -0.2) is 4.98 Å². The number of aromatic nitrogens is 2. The summed E-state index contributed by atoms with van der Waals surface area (Å²) in [6.07, 6.45) is 0. The van der Waals surface area contributed by atoms with Gasteiger partial charge in [0.15, 0.2) is 5.11 Å². The van der Waals surface area contributed by atoms with Gasteiger partial charge >= 0.3 is 0 Å². The molecule has 1 heterocycles. The Bertz CT molecular complexity index is 1270. The van der Waals surface area contributed by atoms with Crippen molar-refractivity contribution in [2.24, 2.45) is 0 Å². The van der Waals surface area contributed by atoms with E-state index in [1.807, 2.05) is 66.7 Å². The second-order valence-corrected chi connectivity index (χ2v) is 6.99. The summed E-state index contributed by atoms with van der Waals surface area (Å²) in [5, 5.41) is 6.19. The van der Waals surface area contributed by atoms with Crippen molar-refractivity contribution < 1.29 is 4.79 Å². The summed E-state index contributed by atoms with van der Waals surface area (Å²) in [6.45, 7) is -0.211. The molecule has 0 bridgehead atoms. The zero-order valence-corrected chi connectivity index (χ0v) is 16.7. The number of hydrogen-bond acceptors (Lipinski definition) is 4. The minimum atomic E-state index is -0.417. The van der Waals surface area contributed by atoms with E-state index in [1.54, 1.807) is 18.2 Å². The average molecular weight is 414 g/mol. The SMILES string of the molecule is O=C(Cn1c(-c2ccccc2)nc2ccccc2c1=O)NC(=S)Nc1ccccc1. The van der Waals surface area contributed by atoms with Crippen LogP contribution in [0.2, 0.25) is 0 Å². The number of nitrogens with zero attached hydrogens (tertiary/aromatic N) is 2. The molecule has 148 valence electrons. The van der Waals surface area contributed by atoms with E-state index in [0.29, 0.717) is 16.7 Å². The number of carbonyl (C=O) groups excluding carboxylic acids is 1. The highest BCUT2D eigenvalue weighted by molar-refractivity contribution is 7.80. The van der Waals surface area contributed by atoms with E-state index in [0.717, 1.165) is 11.3 Å². The van der Waals surface area contributed by atoms with Crippen molar-refractivity contribution in [1.82, 2.24) is 14.9 Å². The molecule has 0 radical (unpaired) electrons. The lowest BCUT2D eigenvalue weighted by Crippen LogP contribution is -2.39. The number of para-hydroxylation sites is 2. The van der Waals surface area contributed by atoms with Crippen LogP contribution in [0, 0.1) is 0 Å². The maximum atomic E-state index is 13.1. The van der Waals surface area contributed by atoms with Crippen LogP contribution >= 0.6 is 12.2 Å². The third-order valence-electron chi connectivity index (χ3n) is 4.48. The summed E-state index contributed by atoms with van der Waals surface area (Å²) in [5.41, 5.74) is 1.81. The Morgan fingerprint density at radius 2 is 1.53 bits per heavy atom. The van der Waals surface area contributed by atoms with Gasteiger partial charge in [0.05, 0.1) is 10.9 Å². The van der Waals surface area contributed by atoms with Gasteiger partial charge in [-0.1, -0.05) is 60.7 Å². The zero-order valence-electron chi connectivity index (χ0n) is 15.9. The lowest BCUT2D eigenvalue weighted by molar-refractivity contribution is -0.120. The van der Waals surface area contributed by atoms with Gasteiger partial charge in [-0.2, -0.15) is 0 Å². The average Bonchev–Trinajstić information content (AvgIpc) is 2.77. The van der Waals surface area contributed by atoms with Gasteiger partial charge in [-0.3, -0.25) is 14.2 Å². The van der Waals surface area contributed by atoms with E-state index in [9.17, 15) is 9.59 Å². The number of amides is 1. The minimum absolute atomic E-state index is 0.161. The predicted octanol–water partition coefficient (Wildman–Crippen LogP) is 3.58. The van der Waals surface area contributed by atoms with Crippen LogP contribution < -0.4 is 16.2 Å². The van der Waals surface area contributed by atoms with Gasteiger partial charge in [0.2, 0.25) is 5.91 Å². The molecule has 0 aliphatic heterocycles. The largest absolute Gasteiger partial charge is 0.332 e. The lowest BCUT2D eigenvalue weighted by Gasteiger charge is -2.14. The number of nitrogens with one attached hydrogen (secondary N) is 2. The molecule has 3 aromatic carbocycles. The molecule has 30 heavy (non-hydrogen) atoms. The first-order chi connectivity index (χ1) is 14.6. The second kappa shape index (κ2) is 8.67. The number of rotatable bonds is 4. The van der Waals surface area contributed by atoms with Crippen molar-refractivity contribution in [3.63, 3.8) is 0 Å². The molecule has 4 rings (SSSR count). The summed E-state index contributed by atoms with van der Waals surface area (Å²) < 4.78 is 1.37. The molecule has 0 aliphatic carbocycles. The summed E-state index contributed by atoms with van der Waals surface area (Å²) in [6, 6.07) is 25.7. The molecule has 0 saturated carbocycles. The van der Waals surface area contributed by atoms with E-state index in [1.165, 1.54) is 4.57 Å². The molecule has 2 N–H and O–H groups in total. The lowest BCUT2D eigenvalue weighted by atomic mass is 10.2. The van der Waals surface area contributed by atoms with E-state index in [2.05, 4.69) is 15.6 Å². The molecular weight excluding hydrogens is 396 g/mol. The minimum Gasteiger partial charge on any atom is -0.332 e. The first-order valence-corrected chi connectivity index (χ1v) is 9.73. The second-order valence-electron chi connectivity index (χ2n) is 6.58. The predicted molar refractivity (Wildman–Crippen MR) is 122 cm³/mol. The van der Waals surface area contributed by atoms with Gasteiger partial charge < -0.3 is 10.6 Å². The van der Waals surface area contributed by atoms with Crippen LogP contribution in [0.5, 0.6) is 0 Å². The van der Waals surface area contributed by atoms with Gasteiger partial charge in [-0.05, 0) is 36.5 Å². The van der Waals surface area contributed by atoms with Crippen LogP contribution in [0.15, 0.2) is 89.7 Å². The van der Waals surface area contributed by atoms with Crippen molar-refractivity contribution in [1.29, 1.82) is 0 Å². The van der Waals surface area contributed by atoms with Crippen molar-refractivity contribution in [2.75, 3.05) is 5.32 Å². The van der Waals surface area contributed by atoms with Crippen molar-refractivity contribution in [3.05, 3.63) is 95.3 Å². The summed E-state index contributed by atoms with van der Waals surface area (Å²) >= 11 is 5.22. The topological polar surface area (TPSA) is 76.0 Å². The molecule has 0 unspecified atom stereocenters. The number of benzene rings is 3. The number of hydrogen-bond donors (Lipinski definition) is 2. The molecule has 0 atom stereocenters. The smallest absolute Gasteiger partial charge is 0.262 e. The number of thiocarbonyl (C=S) groups is 1. The molecule has 0 saturated heterocycles. The fourth-order valence-electron chi connectivity index (χ4n) is 3.12. The van der Waals surface area contributed by atoms with Gasteiger partial charge in [0.1, 0.15) is 12.4 Å². The molecular formula is C23H18N4O2S. The molecule has 1 amide bonds. The number of fused-ring (bicyclic) bond motifs is 1. The van der Waals surface area contributed by atoms with E-state index < -0.39 is 5.91 Å². The van der Waals surface area contributed by atoms with Crippen LogP contribution in [-0.4, -0.2) is 20.6 Å². The molecule has 4 aromatic rings. The molecule has 0 aliphatic rings. The van der Waals surface area contributed by atoms with Crippen molar-refractivity contribution >= 4 is 39.8 Å². The third-order valence-corrected chi connectivity index (χ3v) is 4.68. The molecule has 7 heteroatoms. The molecule has 6 nitrogen and oxygen atoms in total. The van der Waals surface area contributed by atoms with Crippen molar-refractivity contribution in [2.45, 2.75) is 6.54 Å². The van der Waals surface area contributed by atoms with E-state index in [4.69, 9.17) is 12.2 Å². The Morgan fingerprint density at radius 1 is 0.900 bits per heavy atom. The van der Waals surface area contributed by atoms with Crippen LogP contribution in [0.25, 0.3) is 22.3 Å². The van der Waals surface area contributed by atoms with Crippen LogP contribution in [0.1, 0.15) is 0 Å². The maximum Gasteiger partial charge on any atom is 0.262 e. The highest BCUT2D eigenvalue weighted by atomic mass is 32.1. The summed E-state index contributed by atoms with van der Waals surface area (Å²) in [5.74, 6) is 0.0104. The van der Waals surface area contributed by atoms with Crippen LogP contribution in [0.4, 0.5) is 5.69 Å². The summed E-state index contributed by atoms with van der Waals surface area (Å²) in [7, 11) is 0. The van der Waals surface area contributed by atoms with E-state index >= 15 is 0 Å². The monoisotopic (exact) mass is 414 g/mol. The molecule has 0 spiro atoms. The first kappa shape index (κ1) is 19.5. The fraction of sp³-hybridized carbons (Fsp3) is 0.0435. The Balaban J connectivity index is 1.64. The standard InChI is InChI=1S/C23H18N4O2S/c28-20(26-23(30)24-17-11-5-2-6-12-17)15-27-21(16-9-3-1-4-10-16)25-19-14-8-7-13-18(19)22(27)29/h1-14H,15H2,(H2,24,26,28,30). The summed E-state index contributed by atoms with van der Waals surface area (Å²) in [4.78, 5) is 30.4. The normalized spacial score (nSPS) is 10.5. The maximum absolute atomic E-state index is 13.1. The van der Waals surface area contributed by atoms with Crippen LogP contribution in [-0.2, 0) is 11.3 Å². The Morgan fingerprint density at radius 3 is 2.27 bits per heavy atom. The van der Waals surface area contributed by atoms with E-state index in [-0.39, 0.29) is 17.2 Å². The number of anilines is 1. The Hall–Kier alpha value is -3.84. The highest BCUT2D eigenvalue weighted by Crippen LogP contribution is 2.18. The van der Waals surface area contributed by atoms with Gasteiger partial charge in [0, 0.05) is 11.3 Å². The Kier molecular flexibility index (Phi) is 5.63. The fourth-order valence-corrected chi connectivity index (χ4v) is 3.35. The molecule has 0 fully saturated rings. The van der Waals surface area contributed by atoms with Gasteiger partial charge in [-0.15, -0.1) is 0 Å². The van der Waals surface area contributed by atoms with Gasteiger partial charge in [0.25, 0.3) is 5.56 Å². The van der Waals surface area contributed by atoms with Crippen molar-refractivity contribution in [3.8, 4) is 11.4 Å². The third kappa shape index (κ3) is 4.26. The quantitative estimate of drug-likeness (QED) is 0.499. The Labute approximate surface area is 178 Å². The first-order valence-electron chi connectivity index (χ1n) is 9.33. The molecule has 1 aromatic heterocycles. The number of carbonyl (C=O) groups is 1. The highest BCUT2D eigenvalue weighted by Gasteiger charge is 2.16.